The van der Waals surface area contributed by atoms with Crippen molar-refractivity contribution in [3.63, 3.8) is 0 Å². The monoisotopic (exact) mass is 226 g/mol. The molecular formula is C12H24N3O+. The molecule has 2 heterocycles. The van der Waals surface area contributed by atoms with Crippen molar-refractivity contribution < 1.29 is 9.28 Å². The third-order valence-corrected chi connectivity index (χ3v) is 4.22. The Bertz CT molecular complexity index is 261. The summed E-state index contributed by atoms with van der Waals surface area (Å²) in [5.41, 5.74) is 0. The molecule has 1 unspecified atom stereocenters. The van der Waals surface area contributed by atoms with Crippen molar-refractivity contribution in [3.8, 4) is 0 Å². The van der Waals surface area contributed by atoms with Crippen LogP contribution in [0.25, 0.3) is 0 Å². The number of carbonyl (C=O) groups excluding carboxylic acids is 1. The Kier molecular flexibility index (Phi) is 3.50. The lowest BCUT2D eigenvalue weighted by Gasteiger charge is -2.38. The van der Waals surface area contributed by atoms with Crippen LogP contribution in [0.1, 0.15) is 26.7 Å². The molecule has 1 atom stereocenters. The molecule has 0 bridgehead atoms. The first-order chi connectivity index (χ1) is 7.65. The molecule has 2 amide bonds. The maximum absolute atomic E-state index is 12.1. The number of piperidine rings is 1. The van der Waals surface area contributed by atoms with E-state index < -0.39 is 0 Å². The number of urea groups is 1. The Morgan fingerprint density at radius 2 is 2.00 bits per heavy atom. The Labute approximate surface area is 98.0 Å². The van der Waals surface area contributed by atoms with Gasteiger partial charge in [-0.25, -0.2) is 9.28 Å². The molecule has 0 aromatic rings. The number of quaternary nitrogens is 1. The second-order valence-electron chi connectivity index (χ2n) is 5.46. The predicted octanol–water partition coefficient (Wildman–Crippen LogP) is 0.934. The van der Waals surface area contributed by atoms with Crippen LogP contribution in [-0.2, 0) is 0 Å². The van der Waals surface area contributed by atoms with Crippen LogP contribution in [-0.4, -0.2) is 49.3 Å². The minimum atomic E-state index is 0.244. The number of carbonyl (C=O) groups is 1. The van der Waals surface area contributed by atoms with E-state index >= 15 is 0 Å². The van der Waals surface area contributed by atoms with Gasteiger partial charge in [0.25, 0.3) is 0 Å². The maximum Gasteiger partial charge on any atom is 0.417 e. The normalized spacial score (nSPS) is 32.1. The number of rotatable bonds is 3. The zero-order chi connectivity index (χ0) is 11.6. The van der Waals surface area contributed by atoms with E-state index in [2.05, 4.69) is 24.5 Å². The van der Waals surface area contributed by atoms with Gasteiger partial charge in [-0.1, -0.05) is 0 Å². The fourth-order valence-electron chi connectivity index (χ4n) is 3.02. The summed E-state index contributed by atoms with van der Waals surface area (Å²) in [7, 11) is 0. The highest BCUT2D eigenvalue weighted by Gasteiger charge is 2.45. The summed E-state index contributed by atoms with van der Waals surface area (Å²) in [6.45, 7) is 9.43. The topological polar surface area (TPSA) is 41.1 Å². The second kappa shape index (κ2) is 4.72. The molecule has 2 N–H and O–H groups in total. The standard InChI is InChI=1S/C12H23N3O/c1-10(2)15(8-7-14-12(15)16)9-11-3-5-13-6-4-11/h10-11,13H,3-9H2,1-2H3/p+1. The molecule has 0 aromatic heterocycles. The smallest absolute Gasteiger partial charge is 0.317 e. The van der Waals surface area contributed by atoms with Gasteiger partial charge in [0.2, 0.25) is 0 Å². The molecular weight excluding hydrogens is 202 g/mol. The molecule has 2 aliphatic rings. The number of hydrogen-bond acceptors (Lipinski definition) is 2. The summed E-state index contributed by atoms with van der Waals surface area (Å²) in [6, 6.07) is 0.644. The Hall–Kier alpha value is -0.610. The second-order valence-corrected chi connectivity index (χ2v) is 5.46. The Morgan fingerprint density at radius 3 is 2.50 bits per heavy atom. The van der Waals surface area contributed by atoms with Crippen molar-refractivity contribution in [2.45, 2.75) is 32.7 Å². The SMILES string of the molecule is CC(C)[N+]1(CC2CCNCC2)CCNC1=O. The van der Waals surface area contributed by atoms with Gasteiger partial charge in [-0.2, -0.15) is 0 Å². The van der Waals surface area contributed by atoms with E-state index in [0.29, 0.717) is 16.4 Å². The van der Waals surface area contributed by atoms with E-state index in [0.717, 1.165) is 32.7 Å². The lowest BCUT2D eigenvalue weighted by atomic mass is 9.96. The van der Waals surface area contributed by atoms with E-state index in [9.17, 15) is 4.79 Å². The van der Waals surface area contributed by atoms with Crippen molar-refractivity contribution in [1.29, 1.82) is 0 Å². The van der Waals surface area contributed by atoms with Crippen LogP contribution < -0.4 is 10.6 Å². The van der Waals surface area contributed by atoms with Crippen LogP contribution in [0.15, 0.2) is 0 Å². The maximum atomic E-state index is 12.1. The van der Waals surface area contributed by atoms with Gasteiger partial charge in [0.05, 0.1) is 19.1 Å². The number of amides is 2. The Morgan fingerprint density at radius 1 is 1.31 bits per heavy atom. The molecule has 16 heavy (non-hydrogen) atoms. The van der Waals surface area contributed by atoms with Crippen LogP contribution in [0, 0.1) is 5.92 Å². The average Bonchev–Trinajstić information content (AvgIpc) is 2.63. The summed E-state index contributed by atoms with van der Waals surface area (Å²) < 4.78 is 0.657. The van der Waals surface area contributed by atoms with Gasteiger partial charge in [-0.3, -0.25) is 5.32 Å². The summed E-state index contributed by atoms with van der Waals surface area (Å²) in [6.07, 6.45) is 2.44. The van der Waals surface area contributed by atoms with Crippen LogP contribution >= 0.6 is 0 Å². The molecule has 92 valence electrons. The highest BCUT2D eigenvalue weighted by atomic mass is 16.2. The minimum absolute atomic E-state index is 0.244. The zero-order valence-electron chi connectivity index (χ0n) is 10.5. The fraction of sp³-hybridized carbons (Fsp3) is 0.917. The molecule has 0 saturated carbocycles. The fourth-order valence-corrected chi connectivity index (χ4v) is 3.02. The van der Waals surface area contributed by atoms with Gasteiger partial charge < -0.3 is 5.32 Å². The molecule has 2 saturated heterocycles. The summed E-state index contributed by atoms with van der Waals surface area (Å²) >= 11 is 0. The van der Waals surface area contributed by atoms with E-state index in [4.69, 9.17) is 0 Å². The van der Waals surface area contributed by atoms with Crippen molar-refractivity contribution in [3.05, 3.63) is 0 Å². The van der Waals surface area contributed by atoms with E-state index in [1.165, 1.54) is 12.8 Å². The summed E-state index contributed by atoms with van der Waals surface area (Å²) in [4.78, 5) is 12.1. The van der Waals surface area contributed by atoms with Crippen molar-refractivity contribution >= 4 is 6.03 Å². The number of nitrogens with one attached hydrogen (secondary N) is 2. The first-order valence-corrected chi connectivity index (χ1v) is 6.51. The highest BCUT2D eigenvalue weighted by molar-refractivity contribution is 5.68. The Balaban J connectivity index is 2.05. The average molecular weight is 226 g/mol. The first-order valence-electron chi connectivity index (χ1n) is 6.51. The molecule has 0 aromatic carbocycles. The molecule has 4 heteroatoms. The summed E-state index contributed by atoms with van der Waals surface area (Å²) in [5.74, 6) is 0.715. The van der Waals surface area contributed by atoms with Crippen LogP contribution in [0.3, 0.4) is 0 Å². The van der Waals surface area contributed by atoms with Crippen molar-refractivity contribution in [1.82, 2.24) is 10.6 Å². The third-order valence-electron chi connectivity index (χ3n) is 4.22. The van der Waals surface area contributed by atoms with Gasteiger partial charge in [-0.15, -0.1) is 0 Å². The predicted molar refractivity (Wildman–Crippen MR) is 64.1 cm³/mol. The first kappa shape index (κ1) is 11.9. The molecule has 0 aliphatic carbocycles. The van der Waals surface area contributed by atoms with Gasteiger partial charge in [0, 0.05) is 5.92 Å². The summed E-state index contributed by atoms with van der Waals surface area (Å²) in [5, 5.41) is 6.38. The molecule has 0 spiro atoms. The van der Waals surface area contributed by atoms with Gasteiger partial charge in [0.1, 0.15) is 6.54 Å². The van der Waals surface area contributed by atoms with Gasteiger partial charge in [0.15, 0.2) is 0 Å². The molecule has 2 fully saturated rings. The highest BCUT2D eigenvalue weighted by Crippen LogP contribution is 2.24. The third kappa shape index (κ3) is 2.09. The number of nitrogens with zero attached hydrogens (tertiary/aromatic N) is 1. The van der Waals surface area contributed by atoms with Crippen LogP contribution in [0.4, 0.5) is 4.79 Å². The van der Waals surface area contributed by atoms with Crippen molar-refractivity contribution in [2.75, 3.05) is 32.7 Å². The van der Waals surface area contributed by atoms with Crippen LogP contribution in [0.2, 0.25) is 0 Å². The molecule has 2 aliphatic heterocycles. The lowest BCUT2D eigenvalue weighted by molar-refractivity contribution is -0.866. The van der Waals surface area contributed by atoms with E-state index in [1.54, 1.807) is 0 Å². The minimum Gasteiger partial charge on any atom is -0.317 e. The number of hydrogen-bond donors (Lipinski definition) is 2. The van der Waals surface area contributed by atoms with Crippen LogP contribution in [0.5, 0.6) is 0 Å². The zero-order valence-corrected chi connectivity index (χ0v) is 10.5. The van der Waals surface area contributed by atoms with E-state index in [-0.39, 0.29) is 6.03 Å². The van der Waals surface area contributed by atoms with Crippen molar-refractivity contribution in [2.24, 2.45) is 5.92 Å². The molecule has 0 radical (unpaired) electrons. The molecule has 2 rings (SSSR count). The van der Waals surface area contributed by atoms with Gasteiger partial charge >= 0.3 is 6.03 Å². The largest absolute Gasteiger partial charge is 0.417 e. The van der Waals surface area contributed by atoms with E-state index in [1.807, 2.05) is 0 Å². The van der Waals surface area contributed by atoms with Gasteiger partial charge in [-0.05, 0) is 39.8 Å². The quantitative estimate of drug-likeness (QED) is 0.703. The lowest BCUT2D eigenvalue weighted by Crippen LogP contribution is -2.58. The molecule has 4 nitrogen and oxygen atoms in total.